The molecule has 4 nitrogen and oxygen atoms in total. The third kappa shape index (κ3) is 5.14. The number of benzene rings is 2. The van der Waals surface area contributed by atoms with Crippen molar-refractivity contribution in [3.8, 4) is 11.1 Å². The summed E-state index contributed by atoms with van der Waals surface area (Å²) >= 11 is 0. The summed E-state index contributed by atoms with van der Waals surface area (Å²) in [7, 11) is 0. The highest BCUT2D eigenvalue weighted by atomic mass is 16.1. The highest BCUT2D eigenvalue weighted by molar-refractivity contribution is 6.05. The molecule has 4 heteroatoms. The molecule has 0 fully saturated rings. The molecule has 0 radical (unpaired) electrons. The Morgan fingerprint density at radius 1 is 0.586 bits per heavy atom. The molecule has 0 amide bonds. The lowest BCUT2D eigenvalue weighted by Crippen LogP contribution is -2.10. The van der Waals surface area contributed by atoms with Crippen molar-refractivity contribution in [2.75, 3.05) is 0 Å². The molecule has 0 aliphatic heterocycles. The van der Waals surface area contributed by atoms with E-state index in [1.54, 1.807) is 57.2 Å². The molecular formula is C25H28O4. The number of carbonyl (C=O) groups excluding carboxylic acids is 4. The van der Waals surface area contributed by atoms with Crippen LogP contribution in [0.25, 0.3) is 11.1 Å². The molecule has 0 aliphatic rings. The molecule has 0 saturated heterocycles. The number of Topliss-reactive ketones (excluding diaryl/α,β-unsaturated/α-hetero) is 4. The molecule has 0 bridgehead atoms. The van der Waals surface area contributed by atoms with Crippen LogP contribution in [-0.4, -0.2) is 23.1 Å². The van der Waals surface area contributed by atoms with E-state index in [-0.39, 0.29) is 29.1 Å². The van der Waals surface area contributed by atoms with Gasteiger partial charge in [0.1, 0.15) is 0 Å². The second-order valence-corrected chi connectivity index (χ2v) is 7.45. The summed E-state index contributed by atoms with van der Waals surface area (Å²) in [5.74, 6) is -0.439. The third-order valence-corrected chi connectivity index (χ3v) is 4.94. The van der Waals surface area contributed by atoms with E-state index in [0.29, 0.717) is 52.6 Å². The lowest BCUT2D eigenvalue weighted by atomic mass is 9.90. The van der Waals surface area contributed by atoms with E-state index in [1.165, 1.54) is 0 Å². The fourth-order valence-electron chi connectivity index (χ4n) is 3.16. The lowest BCUT2D eigenvalue weighted by molar-refractivity contribution is 0.0937. The standard InChI is InChI=1S/C25H28O4/c1-6-22(26)18-9-16(10-19(13-18)23(27)7-2)17-11-20(24(28)8-3)14-21(12-17)25(29)15(4)5/h9-15H,6-8H2,1-5H3. The van der Waals surface area contributed by atoms with E-state index in [1.807, 2.05) is 13.8 Å². The summed E-state index contributed by atoms with van der Waals surface area (Å²) in [5.41, 5.74) is 3.17. The molecule has 0 aliphatic carbocycles. The highest BCUT2D eigenvalue weighted by Crippen LogP contribution is 2.28. The Hall–Kier alpha value is -2.88. The second-order valence-electron chi connectivity index (χ2n) is 7.45. The first-order valence-electron chi connectivity index (χ1n) is 10.2. The predicted molar refractivity (Wildman–Crippen MR) is 115 cm³/mol. The molecule has 0 atom stereocenters. The number of hydrogen-bond donors (Lipinski definition) is 0. The van der Waals surface area contributed by atoms with Crippen molar-refractivity contribution in [3.63, 3.8) is 0 Å². The Bertz CT molecular complexity index is 933. The van der Waals surface area contributed by atoms with Gasteiger partial charge in [-0.15, -0.1) is 0 Å². The van der Waals surface area contributed by atoms with Crippen molar-refractivity contribution in [1.29, 1.82) is 0 Å². The molecule has 2 rings (SSSR count). The molecule has 29 heavy (non-hydrogen) atoms. The molecule has 0 unspecified atom stereocenters. The zero-order chi connectivity index (χ0) is 21.7. The first-order chi connectivity index (χ1) is 13.7. The van der Waals surface area contributed by atoms with Gasteiger partial charge in [-0.1, -0.05) is 34.6 Å². The van der Waals surface area contributed by atoms with Crippen molar-refractivity contribution in [2.45, 2.75) is 53.9 Å². The zero-order valence-electron chi connectivity index (χ0n) is 17.8. The Kier molecular flexibility index (Phi) is 7.38. The van der Waals surface area contributed by atoms with Crippen molar-refractivity contribution in [3.05, 3.63) is 58.7 Å². The predicted octanol–water partition coefficient (Wildman–Crippen LogP) is 5.97. The third-order valence-electron chi connectivity index (χ3n) is 4.94. The van der Waals surface area contributed by atoms with Gasteiger partial charge in [-0.3, -0.25) is 19.2 Å². The van der Waals surface area contributed by atoms with Crippen LogP contribution >= 0.6 is 0 Å². The second kappa shape index (κ2) is 9.55. The van der Waals surface area contributed by atoms with E-state index in [0.717, 1.165) is 0 Å². The maximum absolute atomic E-state index is 12.6. The van der Waals surface area contributed by atoms with Crippen LogP contribution in [0.15, 0.2) is 36.4 Å². The molecule has 0 aromatic heterocycles. The van der Waals surface area contributed by atoms with Crippen LogP contribution in [0.1, 0.15) is 95.3 Å². The van der Waals surface area contributed by atoms with Gasteiger partial charge >= 0.3 is 0 Å². The van der Waals surface area contributed by atoms with E-state index in [9.17, 15) is 19.2 Å². The zero-order valence-corrected chi connectivity index (χ0v) is 17.8. The Morgan fingerprint density at radius 3 is 1.21 bits per heavy atom. The van der Waals surface area contributed by atoms with Gasteiger partial charge in [0, 0.05) is 47.4 Å². The summed E-state index contributed by atoms with van der Waals surface area (Å²) in [6.45, 7) is 8.95. The van der Waals surface area contributed by atoms with Gasteiger partial charge in [-0.25, -0.2) is 0 Å². The van der Waals surface area contributed by atoms with Gasteiger partial charge in [0.15, 0.2) is 23.1 Å². The minimum atomic E-state index is -0.208. The van der Waals surface area contributed by atoms with E-state index < -0.39 is 0 Å². The molecule has 0 heterocycles. The summed E-state index contributed by atoms with van der Waals surface area (Å²) in [6.07, 6.45) is 0.982. The molecular weight excluding hydrogens is 364 g/mol. The SMILES string of the molecule is CCC(=O)c1cc(C(=O)CC)cc(-c2cc(C(=O)CC)cc(C(=O)C(C)C)c2)c1. The number of carbonyl (C=O) groups is 4. The van der Waals surface area contributed by atoms with Gasteiger partial charge in [0.25, 0.3) is 0 Å². The summed E-state index contributed by atoms with van der Waals surface area (Å²) in [4.78, 5) is 49.6. The van der Waals surface area contributed by atoms with Crippen LogP contribution in [0.5, 0.6) is 0 Å². The molecule has 0 spiro atoms. The van der Waals surface area contributed by atoms with Gasteiger partial charge in [0.05, 0.1) is 0 Å². The smallest absolute Gasteiger partial charge is 0.165 e. The van der Waals surface area contributed by atoms with E-state index >= 15 is 0 Å². The van der Waals surface area contributed by atoms with Gasteiger partial charge < -0.3 is 0 Å². The molecule has 152 valence electrons. The minimum absolute atomic E-state index is 0.0531. The molecule has 2 aromatic rings. The first kappa shape index (κ1) is 22.4. The van der Waals surface area contributed by atoms with Crippen LogP contribution in [0.2, 0.25) is 0 Å². The number of hydrogen-bond acceptors (Lipinski definition) is 4. The minimum Gasteiger partial charge on any atom is -0.294 e. The monoisotopic (exact) mass is 392 g/mol. The van der Waals surface area contributed by atoms with Crippen molar-refractivity contribution >= 4 is 23.1 Å². The van der Waals surface area contributed by atoms with Crippen LogP contribution in [0, 0.1) is 5.92 Å². The Labute approximate surface area is 172 Å². The fraction of sp³-hybridized carbons (Fsp3) is 0.360. The van der Waals surface area contributed by atoms with Gasteiger partial charge in [-0.05, 0) is 47.5 Å². The number of rotatable bonds is 9. The fourth-order valence-corrected chi connectivity index (χ4v) is 3.16. The average molecular weight is 392 g/mol. The van der Waals surface area contributed by atoms with Gasteiger partial charge in [-0.2, -0.15) is 0 Å². The number of ketones is 4. The summed E-state index contributed by atoms with van der Waals surface area (Å²) < 4.78 is 0. The van der Waals surface area contributed by atoms with Gasteiger partial charge in [0.2, 0.25) is 0 Å². The normalized spacial score (nSPS) is 10.8. The van der Waals surface area contributed by atoms with Crippen molar-refractivity contribution in [2.24, 2.45) is 5.92 Å². The van der Waals surface area contributed by atoms with Crippen LogP contribution < -0.4 is 0 Å². The topological polar surface area (TPSA) is 68.3 Å². The van der Waals surface area contributed by atoms with Crippen LogP contribution in [-0.2, 0) is 0 Å². The van der Waals surface area contributed by atoms with Crippen molar-refractivity contribution < 1.29 is 19.2 Å². The highest BCUT2D eigenvalue weighted by Gasteiger charge is 2.17. The van der Waals surface area contributed by atoms with Crippen LogP contribution in [0.4, 0.5) is 0 Å². The molecule has 2 aromatic carbocycles. The first-order valence-corrected chi connectivity index (χ1v) is 10.2. The maximum Gasteiger partial charge on any atom is 0.165 e. The van der Waals surface area contributed by atoms with Crippen molar-refractivity contribution in [1.82, 2.24) is 0 Å². The van der Waals surface area contributed by atoms with Crippen LogP contribution in [0.3, 0.4) is 0 Å². The quantitative estimate of drug-likeness (QED) is 0.493. The average Bonchev–Trinajstić information content (AvgIpc) is 2.75. The Morgan fingerprint density at radius 2 is 0.897 bits per heavy atom. The summed E-state index contributed by atoms with van der Waals surface area (Å²) in [5, 5.41) is 0. The Balaban J connectivity index is 2.75. The molecule has 0 N–H and O–H groups in total. The molecule has 0 saturated carbocycles. The largest absolute Gasteiger partial charge is 0.294 e. The van der Waals surface area contributed by atoms with E-state index in [2.05, 4.69) is 0 Å². The maximum atomic E-state index is 12.6. The lowest BCUT2D eigenvalue weighted by Gasteiger charge is -2.13. The van der Waals surface area contributed by atoms with E-state index in [4.69, 9.17) is 0 Å². The summed E-state index contributed by atoms with van der Waals surface area (Å²) in [6, 6.07) is 10.2.